The third-order valence-corrected chi connectivity index (χ3v) is 8.93. The van der Waals surface area contributed by atoms with Crippen LogP contribution in [0.15, 0.2) is 99.3 Å². The van der Waals surface area contributed by atoms with Crippen molar-refractivity contribution in [2.75, 3.05) is 0 Å². The van der Waals surface area contributed by atoms with Crippen LogP contribution < -0.4 is 4.18 Å². The van der Waals surface area contributed by atoms with E-state index in [-0.39, 0.29) is 35.2 Å². The van der Waals surface area contributed by atoms with Crippen molar-refractivity contribution < 1.29 is 43.5 Å². The standard InChI is InChI=1S/C25H18ClF3N2O8S2/c26-23-10-9-21(14-24(23)31(32)33)40(34,35)30(16-20-7-3-11-38-20)15-17-4-1-6-19(12-17)39-41(36,37)22-8-2-5-18(13-22)25(27,28)29/h1-14H,15-16H2. The number of hydrogen-bond donors (Lipinski definition) is 0. The first-order valence-corrected chi connectivity index (χ1v) is 14.6. The molecule has 16 heteroatoms. The number of sulfonamides is 1. The highest BCUT2D eigenvalue weighted by Crippen LogP contribution is 2.32. The molecule has 41 heavy (non-hydrogen) atoms. The molecule has 0 fully saturated rings. The molecule has 0 saturated heterocycles. The summed E-state index contributed by atoms with van der Waals surface area (Å²) in [5.41, 5.74) is -1.58. The molecule has 216 valence electrons. The molecule has 0 aliphatic heterocycles. The highest BCUT2D eigenvalue weighted by Gasteiger charge is 2.32. The van der Waals surface area contributed by atoms with Gasteiger partial charge in [0.2, 0.25) is 10.0 Å². The smallest absolute Gasteiger partial charge is 0.416 e. The van der Waals surface area contributed by atoms with E-state index in [2.05, 4.69) is 0 Å². The van der Waals surface area contributed by atoms with Crippen LogP contribution in [0.1, 0.15) is 16.9 Å². The van der Waals surface area contributed by atoms with E-state index >= 15 is 0 Å². The molecule has 0 atom stereocenters. The van der Waals surface area contributed by atoms with Crippen LogP contribution in [0.2, 0.25) is 5.02 Å². The van der Waals surface area contributed by atoms with E-state index in [1.54, 1.807) is 0 Å². The molecule has 4 rings (SSSR count). The minimum Gasteiger partial charge on any atom is -0.468 e. The Kier molecular flexibility index (Phi) is 8.44. The van der Waals surface area contributed by atoms with Crippen LogP contribution >= 0.6 is 11.6 Å². The van der Waals surface area contributed by atoms with Crippen LogP contribution in [0.25, 0.3) is 0 Å². The monoisotopic (exact) mass is 630 g/mol. The first-order valence-electron chi connectivity index (χ1n) is 11.3. The van der Waals surface area contributed by atoms with Crippen LogP contribution in [0.5, 0.6) is 5.75 Å². The molecule has 0 N–H and O–H groups in total. The summed E-state index contributed by atoms with van der Waals surface area (Å²) in [7, 11) is -9.11. The zero-order chi connectivity index (χ0) is 30.0. The lowest BCUT2D eigenvalue weighted by atomic mass is 10.2. The number of hydrogen-bond acceptors (Lipinski definition) is 8. The van der Waals surface area contributed by atoms with Crippen LogP contribution in [-0.2, 0) is 39.4 Å². The molecule has 0 spiro atoms. The van der Waals surface area contributed by atoms with E-state index in [1.165, 1.54) is 42.7 Å². The Hall–Kier alpha value is -3.92. The molecule has 0 unspecified atom stereocenters. The van der Waals surface area contributed by atoms with Crippen molar-refractivity contribution >= 4 is 37.4 Å². The fraction of sp³-hybridized carbons (Fsp3) is 0.120. The number of nitrogens with zero attached hydrogens (tertiary/aromatic N) is 2. The van der Waals surface area contributed by atoms with E-state index in [1.807, 2.05) is 0 Å². The second-order valence-electron chi connectivity index (χ2n) is 8.43. The topological polar surface area (TPSA) is 137 Å². The number of alkyl halides is 3. The maximum absolute atomic E-state index is 13.6. The second kappa shape index (κ2) is 11.5. The zero-order valence-electron chi connectivity index (χ0n) is 20.5. The summed E-state index contributed by atoms with van der Waals surface area (Å²) >= 11 is 5.83. The number of halogens is 4. The van der Waals surface area contributed by atoms with Gasteiger partial charge in [-0.15, -0.1) is 0 Å². The predicted octanol–water partition coefficient (Wildman–Crippen LogP) is 6.02. The summed E-state index contributed by atoms with van der Waals surface area (Å²) in [4.78, 5) is 9.33. The van der Waals surface area contributed by atoms with Gasteiger partial charge in [-0.1, -0.05) is 29.8 Å². The largest absolute Gasteiger partial charge is 0.468 e. The molecule has 0 bridgehead atoms. The van der Waals surface area contributed by atoms with Crippen molar-refractivity contribution in [3.05, 3.63) is 117 Å². The van der Waals surface area contributed by atoms with Crippen molar-refractivity contribution in [3.63, 3.8) is 0 Å². The highest BCUT2D eigenvalue weighted by atomic mass is 35.5. The summed E-state index contributed by atoms with van der Waals surface area (Å²) in [6.45, 7) is -0.681. The minimum atomic E-state index is -4.78. The number of furan rings is 1. The molecule has 4 aromatic rings. The first-order chi connectivity index (χ1) is 19.2. The number of nitro groups is 1. The molecule has 10 nitrogen and oxygen atoms in total. The normalized spacial score (nSPS) is 12.4. The molecule has 0 radical (unpaired) electrons. The van der Waals surface area contributed by atoms with Gasteiger partial charge in [0.1, 0.15) is 21.4 Å². The summed E-state index contributed by atoms with van der Waals surface area (Å²) in [6, 6.07) is 14.3. The van der Waals surface area contributed by atoms with Crippen molar-refractivity contribution in [1.82, 2.24) is 4.31 Å². The van der Waals surface area contributed by atoms with E-state index in [0.717, 1.165) is 34.6 Å². The van der Waals surface area contributed by atoms with E-state index in [9.17, 15) is 40.1 Å². The van der Waals surface area contributed by atoms with E-state index < -0.39 is 52.3 Å². The van der Waals surface area contributed by atoms with Gasteiger partial charge in [-0.3, -0.25) is 10.1 Å². The second-order valence-corrected chi connectivity index (χ2v) is 12.3. The lowest BCUT2D eigenvalue weighted by Crippen LogP contribution is -2.30. The SMILES string of the molecule is O=[N+]([O-])c1cc(S(=O)(=O)N(Cc2cccc(OS(=O)(=O)c3cccc(C(F)(F)F)c3)c2)Cc2ccco2)ccc1Cl. The van der Waals surface area contributed by atoms with Gasteiger partial charge in [0, 0.05) is 12.6 Å². The van der Waals surface area contributed by atoms with E-state index in [0.29, 0.717) is 12.1 Å². The molecule has 1 heterocycles. The average molecular weight is 631 g/mol. The van der Waals surface area contributed by atoms with Crippen LogP contribution in [0, 0.1) is 10.1 Å². The highest BCUT2D eigenvalue weighted by molar-refractivity contribution is 7.89. The van der Waals surface area contributed by atoms with Crippen LogP contribution in [0.4, 0.5) is 18.9 Å². The fourth-order valence-corrected chi connectivity index (χ4v) is 6.22. The Labute approximate surface area is 236 Å². The van der Waals surface area contributed by atoms with Crippen molar-refractivity contribution in [3.8, 4) is 5.75 Å². The molecule has 0 aliphatic rings. The third-order valence-electron chi connectivity index (χ3n) is 5.58. The molecule has 3 aromatic carbocycles. The number of benzene rings is 3. The maximum atomic E-state index is 13.6. The lowest BCUT2D eigenvalue weighted by molar-refractivity contribution is -0.384. The quantitative estimate of drug-likeness (QED) is 0.118. The van der Waals surface area contributed by atoms with Gasteiger partial charge < -0.3 is 8.60 Å². The van der Waals surface area contributed by atoms with Crippen LogP contribution in [-0.4, -0.2) is 26.1 Å². The van der Waals surface area contributed by atoms with Gasteiger partial charge >= 0.3 is 16.3 Å². The number of rotatable bonds is 10. The first kappa shape index (κ1) is 30.0. The Morgan fingerprint density at radius 2 is 1.63 bits per heavy atom. The van der Waals surface area contributed by atoms with Crippen molar-refractivity contribution in [1.29, 1.82) is 0 Å². The summed E-state index contributed by atoms with van der Waals surface area (Å²) in [6.07, 6.45) is -3.46. The van der Waals surface area contributed by atoms with Gasteiger partial charge in [-0.2, -0.15) is 25.9 Å². The molecular formula is C25H18ClF3N2O8S2. The average Bonchev–Trinajstić information content (AvgIpc) is 3.41. The maximum Gasteiger partial charge on any atom is 0.416 e. The Morgan fingerprint density at radius 1 is 0.902 bits per heavy atom. The van der Waals surface area contributed by atoms with Crippen molar-refractivity contribution in [2.24, 2.45) is 0 Å². The third kappa shape index (κ3) is 7.05. The summed E-state index contributed by atoms with van der Waals surface area (Å²) < 4.78 is 103. The van der Waals surface area contributed by atoms with Crippen LogP contribution in [0.3, 0.4) is 0 Å². The molecule has 0 saturated carbocycles. The fourth-order valence-electron chi connectivity index (χ4n) is 3.65. The molecular weight excluding hydrogens is 613 g/mol. The molecule has 0 aliphatic carbocycles. The Bertz CT molecular complexity index is 1800. The van der Waals surface area contributed by atoms with Gasteiger partial charge in [0.05, 0.1) is 28.2 Å². The summed E-state index contributed by atoms with van der Waals surface area (Å²) in [5, 5.41) is 11.1. The van der Waals surface area contributed by atoms with E-state index in [4.69, 9.17) is 20.2 Å². The Morgan fingerprint density at radius 3 is 2.29 bits per heavy atom. The van der Waals surface area contributed by atoms with Gasteiger partial charge in [-0.05, 0) is 60.2 Å². The van der Waals surface area contributed by atoms with Gasteiger partial charge in [0.25, 0.3) is 5.69 Å². The van der Waals surface area contributed by atoms with Gasteiger partial charge in [-0.25, -0.2) is 8.42 Å². The Balaban J connectivity index is 1.65. The number of nitro benzene ring substituents is 1. The van der Waals surface area contributed by atoms with Crippen molar-refractivity contribution in [2.45, 2.75) is 29.1 Å². The minimum absolute atomic E-state index is 0.223. The predicted molar refractivity (Wildman–Crippen MR) is 139 cm³/mol. The van der Waals surface area contributed by atoms with Gasteiger partial charge in [0.15, 0.2) is 0 Å². The summed E-state index contributed by atoms with van der Waals surface area (Å²) in [5.74, 6) is -0.0612. The molecule has 0 amide bonds. The molecule has 1 aromatic heterocycles. The zero-order valence-corrected chi connectivity index (χ0v) is 22.9. The lowest BCUT2D eigenvalue weighted by Gasteiger charge is -2.22.